The number of ketones is 1. The van der Waals surface area contributed by atoms with Crippen molar-refractivity contribution in [3.63, 3.8) is 0 Å². The fourth-order valence-electron chi connectivity index (χ4n) is 1.10. The lowest BCUT2D eigenvalue weighted by molar-refractivity contribution is -0.115. The van der Waals surface area contributed by atoms with Crippen LogP contribution in [0.1, 0.15) is 23.7 Å². The number of carbonyl (C=O) groups excluding carboxylic acids is 2. The number of benzene rings is 1. The number of halogens is 1. The Morgan fingerprint density at radius 1 is 1.27 bits per heavy atom. The first-order valence-electron chi connectivity index (χ1n) is 4.60. The molecule has 0 aliphatic carbocycles. The fraction of sp³-hybridized carbons (Fsp3) is 0.273. The number of rotatable bonds is 4. The molecule has 1 amide bonds. The molecule has 15 heavy (non-hydrogen) atoms. The number of hydrogen-bond acceptors (Lipinski definition) is 2. The average Bonchev–Trinajstić information content (AvgIpc) is 2.18. The highest BCUT2D eigenvalue weighted by Gasteiger charge is 2.02. The van der Waals surface area contributed by atoms with E-state index >= 15 is 0 Å². The van der Waals surface area contributed by atoms with E-state index in [-0.39, 0.29) is 18.1 Å². The maximum absolute atomic E-state index is 11.2. The number of hydrogen-bond donors (Lipinski definition) is 1. The van der Waals surface area contributed by atoms with Crippen LogP contribution in [0.3, 0.4) is 0 Å². The molecule has 1 aromatic rings. The Bertz CT molecular complexity index is 359. The molecule has 0 radical (unpaired) electrons. The van der Waals surface area contributed by atoms with Crippen molar-refractivity contribution in [1.82, 2.24) is 0 Å². The summed E-state index contributed by atoms with van der Waals surface area (Å²) in [6.07, 6.45) is 0.288. The topological polar surface area (TPSA) is 46.2 Å². The molecule has 1 N–H and O–H groups in total. The summed E-state index contributed by atoms with van der Waals surface area (Å²) in [5.74, 6) is 0.186. The van der Waals surface area contributed by atoms with Crippen molar-refractivity contribution in [3.05, 3.63) is 29.8 Å². The summed E-state index contributed by atoms with van der Waals surface area (Å²) in [5.41, 5.74) is 1.31. The van der Waals surface area contributed by atoms with Crippen LogP contribution in [0.2, 0.25) is 0 Å². The molecule has 4 heteroatoms. The van der Waals surface area contributed by atoms with Crippen LogP contribution < -0.4 is 5.32 Å². The van der Waals surface area contributed by atoms with Gasteiger partial charge in [0.15, 0.2) is 5.78 Å². The van der Waals surface area contributed by atoms with E-state index in [1.165, 1.54) is 6.92 Å². The molecular formula is C11H12ClNO2. The van der Waals surface area contributed by atoms with E-state index in [1.54, 1.807) is 24.3 Å². The normalized spacial score (nSPS) is 9.73. The van der Waals surface area contributed by atoms with E-state index in [1.807, 2.05) is 0 Å². The molecule has 0 saturated heterocycles. The molecule has 0 fully saturated rings. The maximum Gasteiger partial charge on any atom is 0.225 e. The molecule has 1 rings (SSSR count). The minimum Gasteiger partial charge on any atom is -0.326 e. The molecule has 1 aromatic carbocycles. The lowest BCUT2D eigenvalue weighted by atomic mass is 10.1. The Balaban J connectivity index is 2.64. The predicted octanol–water partition coefficient (Wildman–Crippen LogP) is 2.46. The van der Waals surface area contributed by atoms with Crippen molar-refractivity contribution in [1.29, 1.82) is 0 Å². The van der Waals surface area contributed by atoms with Crippen LogP contribution >= 0.6 is 11.6 Å². The van der Waals surface area contributed by atoms with Crippen LogP contribution in [0.4, 0.5) is 5.69 Å². The summed E-state index contributed by atoms with van der Waals surface area (Å²) in [4.78, 5) is 22.1. The van der Waals surface area contributed by atoms with Gasteiger partial charge in [-0.3, -0.25) is 9.59 Å². The lowest BCUT2D eigenvalue weighted by Crippen LogP contribution is -2.11. The van der Waals surface area contributed by atoms with Gasteiger partial charge in [-0.2, -0.15) is 0 Å². The van der Waals surface area contributed by atoms with Gasteiger partial charge in [-0.1, -0.05) is 0 Å². The number of Topliss-reactive ketones (excluding diaryl/α,β-unsaturated/α-hetero) is 1. The lowest BCUT2D eigenvalue weighted by Gasteiger charge is -2.04. The van der Waals surface area contributed by atoms with E-state index in [2.05, 4.69) is 5.32 Å². The zero-order valence-corrected chi connectivity index (χ0v) is 9.17. The Morgan fingerprint density at radius 2 is 1.87 bits per heavy atom. The van der Waals surface area contributed by atoms with Crippen molar-refractivity contribution in [2.45, 2.75) is 13.3 Å². The standard InChI is InChI=1S/C11H12ClNO2/c1-8(14)9-2-4-10(5-3-9)13-11(15)6-7-12/h2-5H,6-7H2,1H3,(H,13,15). The number of anilines is 1. The molecule has 0 unspecified atom stereocenters. The highest BCUT2D eigenvalue weighted by molar-refractivity contribution is 6.19. The van der Waals surface area contributed by atoms with Gasteiger partial charge in [0.25, 0.3) is 0 Å². The minimum absolute atomic E-state index is 0.00800. The average molecular weight is 226 g/mol. The van der Waals surface area contributed by atoms with Gasteiger partial charge in [-0.15, -0.1) is 11.6 Å². The van der Waals surface area contributed by atoms with Crippen molar-refractivity contribution < 1.29 is 9.59 Å². The van der Waals surface area contributed by atoms with Crippen LogP contribution in [0.25, 0.3) is 0 Å². The van der Waals surface area contributed by atoms with Crippen LogP contribution in [-0.2, 0) is 4.79 Å². The first-order valence-corrected chi connectivity index (χ1v) is 5.13. The zero-order chi connectivity index (χ0) is 11.3. The van der Waals surface area contributed by atoms with Gasteiger partial charge in [0.05, 0.1) is 0 Å². The van der Waals surface area contributed by atoms with E-state index in [0.29, 0.717) is 17.1 Å². The molecule has 0 spiro atoms. The Kier molecular flexibility index (Phi) is 4.31. The van der Waals surface area contributed by atoms with Crippen molar-refractivity contribution in [2.24, 2.45) is 0 Å². The quantitative estimate of drug-likeness (QED) is 0.632. The summed E-state index contributed by atoms with van der Waals surface area (Å²) in [6.45, 7) is 1.50. The summed E-state index contributed by atoms with van der Waals surface area (Å²) in [7, 11) is 0. The molecule has 0 aromatic heterocycles. The highest BCUT2D eigenvalue weighted by atomic mass is 35.5. The molecule has 0 saturated carbocycles. The number of amides is 1. The van der Waals surface area contributed by atoms with Gasteiger partial charge in [-0.05, 0) is 31.2 Å². The minimum atomic E-state index is -0.124. The van der Waals surface area contributed by atoms with Crippen molar-refractivity contribution >= 4 is 29.0 Å². The summed E-state index contributed by atoms with van der Waals surface area (Å²) in [6, 6.07) is 6.75. The third kappa shape index (κ3) is 3.72. The second-order valence-corrected chi connectivity index (χ2v) is 3.50. The zero-order valence-electron chi connectivity index (χ0n) is 8.42. The Labute approximate surface area is 93.4 Å². The van der Waals surface area contributed by atoms with Gasteiger partial charge >= 0.3 is 0 Å². The Morgan fingerprint density at radius 3 is 2.33 bits per heavy atom. The number of carbonyl (C=O) groups is 2. The molecule has 0 aliphatic rings. The SMILES string of the molecule is CC(=O)c1ccc(NC(=O)CCCl)cc1. The van der Waals surface area contributed by atoms with Crippen molar-refractivity contribution in [2.75, 3.05) is 11.2 Å². The van der Waals surface area contributed by atoms with Gasteiger partial charge in [0.2, 0.25) is 5.91 Å². The second-order valence-electron chi connectivity index (χ2n) is 3.12. The molecule has 0 bridgehead atoms. The molecule has 3 nitrogen and oxygen atoms in total. The second kappa shape index (κ2) is 5.51. The summed E-state index contributed by atoms with van der Waals surface area (Å²) >= 11 is 5.42. The molecule has 0 heterocycles. The summed E-state index contributed by atoms with van der Waals surface area (Å²) in [5, 5.41) is 2.67. The van der Waals surface area contributed by atoms with Crippen molar-refractivity contribution in [3.8, 4) is 0 Å². The van der Waals surface area contributed by atoms with Gasteiger partial charge in [0, 0.05) is 23.6 Å². The van der Waals surface area contributed by atoms with Crippen LogP contribution in [0, 0.1) is 0 Å². The largest absolute Gasteiger partial charge is 0.326 e. The highest BCUT2D eigenvalue weighted by Crippen LogP contribution is 2.10. The monoisotopic (exact) mass is 225 g/mol. The number of alkyl halides is 1. The van der Waals surface area contributed by atoms with Gasteiger partial charge in [-0.25, -0.2) is 0 Å². The van der Waals surface area contributed by atoms with Crippen LogP contribution in [0.15, 0.2) is 24.3 Å². The molecule has 0 aliphatic heterocycles. The third-order valence-corrected chi connectivity index (χ3v) is 2.09. The first kappa shape index (κ1) is 11.7. The van der Waals surface area contributed by atoms with E-state index in [0.717, 1.165) is 0 Å². The summed E-state index contributed by atoms with van der Waals surface area (Å²) < 4.78 is 0. The molecule has 0 atom stereocenters. The van der Waals surface area contributed by atoms with Gasteiger partial charge in [0.1, 0.15) is 0 Å². The van der Waals surface area contributed by atoms with E-state index in [9.17, 15) is 9.59 Å². The van der Waals surface area contributed by atoms with Crippen LogP contribution in [-0.4, -0.2) is 17.6 Å². The smallest absolute Gasteiger partial charge is 0.225 e. The molecule has 80 valence electrons. The van der Waals surface area contributed by atoms with E-state index < -0.39 is 0 Å². The third-order valence-electron chi connectivity index (χ3n) is 1.90. The molecular weight excluding hydrogens is 214 g/mol. The van der Waals surface area contributed by atoms with E-state index in [4.69, 9.17) is 11.6 Å². The predicted molar refractivity (Wildman–Crippen MR) is 60.4 cm³/mol. The Hall–Kier alpha value is -1.35. The number of nitrogens with one attached hydrogen (secondary N) is 1. The van der Waals surface area contributed by atoms with Crippen LogP contribution in [0.5, 0.6) is 0 Å². The maximum atomic E-state index is 11.2. The van der Waals surface area contributed by atoms with Gasteiger partial charge < -0.3 is 5.32 Å². The first-order chi connectivity index (χ1) is 7.13. The fourth-order valence-corrected chi connectivity index (χ4v) is 1.27.